The van der Waals surface area contributed by atoms with Crippen molar-refractivity contribution in [3.8, 4) is 0 Å². The molecule has 3 heteroatoms. The first-order valence-corrected chi connectivity index (χ1v) is 15.3. The molecule has 4 rings (SSSR count). The largest absolute Gasteiger partial charge is 1.00 e. The molecule has 0 saturated heterocycles. The molecule has 206 valence electrons. The predicted octanol–water partition coefficient (Wildman–Crippen LogP) is 5.64. The maximum absolute atomic E-state index is 2.65. The molecule has 2 nitrogen and oxygen atoms in total. The monoisotopic (exact) mass is 524 g/mol. The fourth-order valence-corrected chi connectivity index (χ4v) is 6.53. The second-order valence-electron chi connectivity index (χ2n) is 12.6. The van der Waals surface area contributed by atoms with Crippen LogP contribution >= 0.6 is 0 Å². The second kappa shape index (κ2) is 14.0. The first kappa shape index (κ1) is 30.0. The molecular weight excluding hydrogens is 472 g/mol. The highest BCUT2D eigenvalue weighted by molar-refractivity contribution is 5.75. The Morgan fingerprint density at radius 2 is 1.24 bits per heavy atom. The van der Waals surface area contributed by atoms with Crippen LogP contribution in [0.4, 0.5) is 0 Å². The van der Waals surface area contributed by atoms with E-state index < -0.39 is 0 Å². The molecule has 3 aliphatic rings. The number of nitrogens with zero attached hydrogens (tertiary/aromatic N) is 1. The van der Waals surface area contributed by atoms with E-state index in [-0.39, 0.29) is 12.4 Å². The van der Waals surface area contributed by atoms with Gasteiger partial charge in [-0.15, -0.1) is 0 Å². The van der Waals surface area contributed by atoms with Gasteiger partial charge in [-0.1, -0.05) is 105 Å². The number of rotatable bonds is 5. The summed E-state index contributed by atoms with van der Waals surface area (Å²) in [7, 11) is 0. The zero-order valence-corrected chi connectivity index (χ0v) is 25.3. The first-order chi connectivity index (χ1) is 17.4. The molecule has 0 spiro atoms. The molecule has 0 bridgehead atoms. The van der Waals surface area contributed by atoms with Crippen molar-refractivity contribution in [2.75, 3.05) is 6.67 Å². The smallest absolute Gasteiger partial charge is 0.162 e. The van der Waals surface area contributed by atoms with Gasteiger partial charge in [0.05, 0.1) is 17.4 Å². The molecule has 1 N–H and O–H groups in total. The van der Waals surface area contributed by atoms with Crippen molar-refractivity contribution in [1.82, 2.24) is 4.90 Å². The molecular formula is C34H53ClN2. The lowest BCUT2D eigenvalue weighted by molar-refractivity contribution is -0.876. The highest BCUT2D eigenvalue weighted by Crippen LogP contribution is 2.40. The molecule has 1 saturated carbocycles. The predicted molar refractivity (Wildman–Crippen MR) is 156 cm³/mol. The van der Waals surface area contributed by atoms with Crippen LogP contribution in [0.25, 0.3) is 5.70 Å². The zero-order chi connectivity index (χ0) is 25.7. The van der Waals surface area contributed by atoms with Crippen LogP contribution in [0.15, 0.2) is 42.3 Å². The number of benzene rings is 1. The zero-order valence-electron chi connectivity index (χ0n) is 24.6. The van der Waals surface area contributed by atoms with Crippen molar-refractivity contribution in [2.24, 2.45) is 0 Å². The number of hydrogen-bond donors (Lipinski definition) is 1. The highest BCUT2D eigenvalue weighted by atomic mass is 35.5. The molecule has 0 aromatic heterocycles. The van der Waals surface area contributed by atoms with Crippen molar-refractivity contribution in [2.45, 2.75) is 136 Å². The van der Waals surface area contributed by atoms with Gasteiger partial charge in [-0.2, -0.15) is 0 Å². The lowest BCUT2D eigenvalue weighted by Gasteiger charge is -2.32. The SMILES string of the molecule is CC(C)c1cc(C(C)C)c(C2=CC=CC3=C[NH+](C4CCCCCCCCCCC4)CN32)c(C(C)C)c1.[Cl-]. The normalized spacial score (nSPS) is 21.9. The van der Waals surface area contributed by atoms with E-state index in [4.69, 9.17) is 0 Å². The number of quaternary nitrogens is 1. The number of nitrogens with one attached hydrogen (secondary N) is 1. The summed E-state index contributed by atoms with van der Waals surface area (Å²) in [6, 6.07) is 5.77. The van der Waals surface area contributed by atoms with Crippen LogP contribution in [0.1, 0.15) is 152 Å². The second-order valence-corrected chi connectivity index (χ2v) is 12.6. The van der Waals surface area contributed by atoms with Crippen LogP contribution < -0.4 is 17.3 Å². The van der Waals surface area contributed by atoms with Gasteiger partial charge >= 0.3 is 0 Å². The Labute approximate surface area is 234 Å². The molecule has 2 heterocycles. The Kier molecular flexibility index (Phi) is 11.4. The van der Waals surface area contributed by atoms with Gasteiger partial charge in [0.15, 0.2) is 6.67 Å². The van der Waals surface area contributed by atoms with E-state index >= 15 is 0 Å². The minimum atomic E-state index is 0. The molecule has 37 heavy (non-hydrogen) atoms. The summed E-state index contributed by atoms with van der Waals surface area (Å²) in [6.45, 7) is 15.2. The van der Waals surface area contributed by atoms with Crippen LogP contribution in [0.5, 0.6) is 0 Å². The van der Waals surface area contributed by atoms with E-state index in [0.29, 0.717) is 17.8 Å². The van der Waals surface area contributed by atoms with Gasteiger partial charge < -0.3 is 12.4 Å². The summed E-state index contributed by atoms with van der Waals surface area (Å²) in [4.78, 5) is 4.34. The van der Waals surface area contributed by atoms with Gasteiger partial charge in [0.25, 0.3) is 0 Å². The molecule has 1 unspecified atom stereocenters. The highest BCUT2D eigenvalue weighted by Gasteiger charge is 2.35. The number of halogens is 1. The lowest BCUT2D eigenvalue weighted by Crippen LogP contribution is -3.11. The van der Waals surface area contributed by atoms with Crippen molar-refractivity contribution in [3.05, 3.63) is 64.5 Å². The summed E-state index contributed by atoms with van der Waals surface area (Å²) in [5, 5.41) is 0. The number of allylic oxidation sites excluding steroid dienone is 3. The van der Waals surface area contributed by atoms with Crippen LogP contribution in [0.3, 0.4) is 0 Å². The van der Waals surface area contributed by atoms with E-state index in [9.17, 15) is 0 Å². The van der Waals surface area contributed by atoms with E-state index in [1.165, 1.54) is 104 Å². The Morgan fingerprint density at radius 1 is 0.730 bits per heavy atom. The van der Waals surface area contributed by atoms with Crippen molar-refractivity contribution < 1.29 is 17.3 Å². The first-order valence-electron chi connectivity index (χ1n) is 15.3. The van der Waals surface area contributed by atoms with Crippen molar-refractivity contribution in [3.63, 3.8) is 0 Å². The van der Waals surface area contributed by atoms with E-state index in [1.54, 1.807) is 4.90 Å². The van der Waals surface area contributed by atoms with Gasteiger partial charge in [-0.25, -0.2) is 0 Å². The van der Waals surface area contributed by atoms with Gasteiger partial charge in [-0.05, 0) is 72.3 Å². The van der Waals surface area contributed by atoms with Crippen molar-refractivity contribution >= 4 is 5.70 Å². The van der Waals surface area contributed by atoms with Crippen molar-refractivity contribution in [1.29, 1.82) is 0 Å². The summed E-state index contributed by atoms with van der Waals surface area (Å²) < 4.78 is 0. The summed E-state index contributed by atoms with van der Waals surface area (Å²) >= 11 is 0. The average Bonchev–Trinajstić information content (AvgIpc) is 3.28. The fraction of sp³-hybridized carbons (Fsp3) is 0.647. The molecule has 0 amide bonds. The summed E-state index contributed by atoms with van der Waals surface area (Å²) in [5.41, 5.74) is 8.85. The maximum Gasteiger partial charge on any atom is 0.162 e. The topological polar surface area (TPSA) is 7.68 Å². The summed E-state index contributed by atoms with van der Waals surface area (Å²) in [5.74, 6) is 1.57. The standard InChI is InChI=1S/C34H52N2.ClH/c1-25(2)28-21-31(26(3)4)34(32(22-28)27(5)6)33-20-16-19-30-23-35(24-36(30)33)29-17-14-12-10-8-7-9-11-13-15-18-29;/h16,19-23,25-27,29H,7-15,17-18,24H2,1-6H3;1H. The van der Waals surface area contributed by atoms with Crippen LogP contribution in [-0.2, 0) is 0 Å². The Hall–Kier alpha value is -1.51. The summed E-state index contributed by atoms with van der Waals surface area (Å²) in [6.07, 6.45) is 25.2. The van der Waals surface area contributed by atoms with Gasteiger partial charge in [0.1, 0.15) is 6.20 Å². The quantitative estimate of drug-likeness (QED) is 0.523. The van der Waals surface area contributed by atoms with Crippen LogP contribution in [0, 0.1) is 0 Å². The number of fused-ring (bicyclic) bond motifs is 1. The Bertz CT molecular complexity index is 927. The van der Waals surface area contributed by atoms with E-state index in [1.807, 2.05) is 0 Å². The third-order valence-corrected chi connectivity index (χ3v) is 8.82. The molecule has 1 aromatic carbocycles. The van der Waals surface area contributed by atoms with Gasteiger partial charge in [0.2, 0.25) is 0 Å². The molecule has 1 atom stereocenters. The molecule has 0 radical (unpaired) electrons. The fourth-order valence-electron chi connectivity index (χ4n) is 6.53. The van der Waals surface area contributed by atoms with E-state index in [2.05, 4.69) is 83.0 Å². The Morgan fingerprint density at radius 3 is 1.73 bits per heavy atom. The van der Waals surface area contributed by atoms with Gasteiger partial charge in [-0.3, -0.25) is 9.80 Å². The third-order valence-electron chi connectivity index (χ3n) is 8.82. The molecule has 2 aliphatic heterocycles. The third kappa shape index (κ3) is 7.33. The van der Waals surface area contributed by atoms with E-state index in [0.717, 1.165) is 12.7 Å². The number of hydrogen-bond acceptors (Lipinski definition) is 1. The Balaban J connectivity index is 0.00000380. The van der Waals surface area contributed by atoms with Crippen LogP contribution in [0.2, 0.25) is 0 Å². The minimum absolute atomic E-state index is 0. The average molecular weight is 525 g/mol. The molecule has 1 aromatic rings. The molecule has 1 aliphatic carbocycles. The maximum atomic E-state index is 2.65. The minimum Gasteiger partial charge on any atom is -1.00 e. The van der Waals surface area contributed by atoms with Crippen LogP contribution in [-0.4, -0.2) is 17.6 Å². The molecule has 1 fully saturated rings. The van der Waals surface area contributed by atoms with Gasteiger partial charge in [0, 0.05) is 5.56 Å². The lowest BCUT2D eigenvalue weighted by atomic mass is 9.82.